The molecule has 0 bridgehead atoms. The highest BCUT2D eigenvalue weighted by Crippen LogP contribution is 2.15. The van der Waals surface area contributed by atoms with Crippen LogP contribution in [-0.4, -0.2) is 0 Å². The second-order valence-electron chi connectivity index (χ2n) is 2.39. The van der Waals surface area contributed by atoms with Gasteiger partial charge in [0.25, 0.3) is 0 Å². The molecule has 53 valence electrons. The second kappa shape index (κ2) is 2.74. The lowest BCUT2D eigenvalue weighted by Crippen LogP contribution is -1.94. The summed E-state index contributed by atoms with van der Waals surface area (Å²) in [4.78, 5) is 0. The Bertz CT molecular complexity index is 208. The standard InChI is InChI=1S/C9H12N/c1-3-8-7(2)5-4-6-9(8)10/h4-6H,1,3,10H2,2H3. The van der Waals surface area contributed by atoms with Crippen LogP contribution in [0, 0.1) is 13.8 Å². The van der Waals surface area contributed by atoms with Crippen LogP contribution in [0.4, 0.5) is 5.69 Å². The van der Waals surface area contributed by atoms with E-state index in [1.807, 2.05) is 12.1 Å². The average Bonchev–Trinajstić information content (AvgIpc) is 1.88. The van der Waals surface area contributed by atoms with E-state index in [9.17, 15) is 0 Å². The smallest absolute Gasteiger partial charge is 0.0349 e. The quantitative estimate of drug-likeness (QED) is 0.584. The fourth-order valence-corrected chi connectivity index (χ4v) is 1.07. The van der Waals surface area contributed by atoms with Crippen molar-refractivity contribution in [2.75, 3.05) is 5.73 Å². The first-order valence-corrected chi connectivity index (χ1v) is 3.39. The van der Waals surface area contributed by atoms with E-state index in [1.54, 1.807) is 0 Å². The average molecular weight is 134 g/mol. The Labute approximate surface area is 61.9 Å². The molecule has 0 aliphatic carbocycles. The fourth-order valence-electron chi connectivity index (χ4n) is 1.07. The van der Waals surface area contributed by atoms with Gasteiger partial charge in [0, 0.05) is 5.69 Å². The third-order valence-electron chi connectivity index (χ3n) is 1.70. The molecule has 1 heteroatoms. The molecule has 0 spiro atoms. The van der Waals surface area contributed by atoms with Crippen LogP contribution in [0.1, 0.15) is 11.1 Å². The van der Waals surface area contributed by atoms with Crippen molar-refractivity contribution >= 4 is 5.69 Å². The molecule has 0 saturated heterocycles. The van der Waals surface area contributed by atoms with E-state index in [0.717, 1.165) is 12.1 Å². The maximum absolute atomic E-state index is 5.69. The first kappa shape index (κ1) is 7.13. The SMILES string of the molecule is [CH2]Cc1c(C)cccc1N. The molecule has 1 radical (unpaired) electrons. The molecule has 1 nitrogen and oxygen atoms in total. The number of rotatable bonds is 1. The first-order valence-electron chi connectivity index (χ1n) is 3.39. The Kier molecular flexibility index (Phi) is 1.95. The molecule has 10 heavy (non-hydrogen) atoms. The van der Waals surface area contributed by atoms with Crippen LogP contribution in [0.25, 0.3) is 0 Å². The Morgan fingerprint density at radius 2 is 2.20 bits per heavy atom. The second-order valence-corrected chi connectivity index (χ2v) is 2.39. The molecular formula is C9H12N. The summed E-state index contributed by atoms with van der Waals surface area (Å²) in [5, 5.41) is 0. The van der Waals surface area contributed by atoms with E-state index in [4.69, 9.17) is 5.73 Å². The van der Waals surface area contributed by atoms with Gasteiger partial charge in [0.05, 0.1) is 0 Å². The van der Waals surface area contributed by atoms with Crippen molar-refractivity contribution in [3.8, 4) is 0 Å². The topological polar surface area (TPSA) is 26.0 Å². The summed E-state index contributed by atoms with van der Waals surface area (Å²) in [6.45, 7) is 5.85. The summed E-state index contributed by atoms with van der Waals surface area (Å²) in [7, 11) is 0. The van der Waals surface area contributed by atoms with Gasteiger partial charge in [-0.3, -0.25) is 0 Å². The van der Waals surface area contributed by atoms with Gasteiger partial charge in [-0.05, 0) is 37.5 Å². The van der Waals surface area contributed by atoms with Crippen LogP contribution in [0.15, 0.2) is 18.2 Å². The summed E-state index contributed by atoms with van der Waals surface area (Å²) < 4.78 is 0. The Morgan fingerprint density at radius 3 is 2.60 bits per heavy atom. The van der Waals surface area contributed by atoms with E-state index in [-0.39, 0.29) is 0 Å². The van der Waals surface area contributed by atoms with Gasteiger partial charge >= 0.3 is 0 Å². The zero-order valence-corrected chi connectivity index (χ0v) is 6.22. The number of hydrogen-bond donors (Lipinski definition) is 1. The molecule has 0 aliphatic heterocycles. The van der Waals surface area contributed by atoms with Crippen LogP contribution in [0.5, 0.6) is 0 Å². The Balaban J connectivity index is 3.17. The van der Waals surface area contributed by atoms with Gasteiger partial charge in [0.2, 0.25) is 0 Å². The van der Waals surface area contributed by atoms with Gasteiger partial charge < -0.3 is 5.73 Å². The Morgan fingerprint density at radius 1 is 1.50 bits per heavy atom. The van der Waals surface area contributed by atoms with Gasteiger partial charge in [0.15, 0.2) is 0 Å². The van der Waals surface area contributed by atoms with Gasteiger partial charge in [-0.1, -0.05) is 12.1 Å². The minimum absolute atomic E-state index is 0.776. The van der Waals surface area contributed by atoms with Crippen LogP contribution in [0.2, 0.25) is 0 Å². The summed E-state index contributed by atoms with van der Waals surface area (Å²) in [6.07, 6.45) is 0.776. The molecule has 0 atom stereocenters. The maximum Gasteiger partial charge on any atom is 0.0349 e. The minimum Gasteiger partial charge on any atom is -0.398 e. The summed E-state index contributed by atoms with van der Waals surface area (Å²) in [5.74, 6) is 0. The number of anilines is 1. The zero-order valence-electron chi connectivity index (χ0n) is 6.22. The molecule has 0 heterocycles. The molecule has 1 rings (SSSR count). The number of aryl methyl sites for hydroxylation is 1. The zero-order chi connectivity index (χ0) is 7.56. The molecule has 0 aromatic heterocycles. The highest BCUT2D eigenvalue weighted by molar-refractivity contribution is 5.50. The van der Waals surface area contributed by atoms with Crippen molar-refractivity contribution in [1.82, 2.24) is 0 Å². The highest BCUT2D eigenvalue weighted by atomic mass is 14.6. The lowest BCUT2D eigenvalue weighted by Gasteiger charge is -2.04. The van der Waals surface area contributed by atoms with Gasteiger partial charge in [0.1, 0.15) is 0 Å². The van der Waals surface area contributed by atoms with Crippen molar-refractivity contribution in [2.45, 2.75) is 13.3 Å². The molecule has 0 aliphatic rings. The third-order valence-corrected chi connectivity index (χ3v) is 1.70. The van der Waals surface area contributed by atoms with E-state index >= 15 is 0 Å². The van der Waals surface area contributed by atoms with Gasteiger partial charge in [-0.2, -0.15) is 0 Å². The summed E-state index contributed by atoms with van der Waals surface area (Å²) >= 11 is 0. The Hall–Kier alpha value is -0.980. The molecule has 1 aromatic carbocycles. The third kappa shape index (κ3) is 1.13. The monoisotopic (exact) mass is 134 g/mol. The predicted molar refractivity (Wildman–Crippen MR) is 44.7 cm³/mol. The molecule has 0 fully saturated rings. The van der Waals surface area contributed by atoms with Crippen molar-refractivity contribution in [3.63, 3.8) is 0 Å². The van der Waals surface area contributed by atoms with E-state index in [1.165, 1.54) is 11.1 Å². The molecule has 0 saturated carbocycles. The molecule has 0 unspecified atom stereocenters. The fraction of sp³-hybridized carbons (Fsp3) is 0.222. The van der Waals surface area contributed by atoms with Gasteiger partial charge in [-0.25, -0.2) is 0 Å². The number of benzene rings is 1. The molecule has 2 N–H and O–H groups in total. The highest BCUT2D eigenvalue weighted by Gasteiger charge is 1.97. The minimum atomic E-state index is 0.776. The summed E-state index contributed by atoms with van der Waals surface area (Å²) in [5.41, 5.74) is 8.95. The van der Waals surface area contributed by atoms with Crippen LogP contribution >= 0.6 is 0 Å². The van der Waals surface area contributed by atoms with Crippen molar-refractivity contribution in [1.29, 1.82) is 0 Å². The van der Waals surface area contributed by atoms with Crippen LogP contribution < -0.4 is 5.73 Å². The first-order chi connectivity index (χ1) is 4.75. The van der Waals surface area contributed by atoms with Crippen molar-refractivity contribution in [2.24, 2.45) is 0 Å². The van der Waals surface area contributed by atoms with Crippen molar-refractivity contribution < 1.29 is 0 Å². The lowest BCUT2D eigenvalue weighted by molar-refractivity contribution is 1.22. The largest absolute Gasteiger partial charge is 0.398 e. The number of nitrogens with two attached hydrogens (primary N) is 1. The molecule has 1 aromatic rings. The lowest BCUT2D eigenvalue weighted by atomic mass is 10.1. The normalized spacial score (nSPS) is 9.80. The van der Waals surface area contributed by atoms with Crippen LogP contribution in [-0.2, 0) is 6.42 Å². The van der Waals surface area contributed by atoms with Gasteiger partial charge in [-0.15, -0.1) is 0 Å². The summed E-state index contributed by atoms with van der Waals surface area (Å²) in [6, 6.07) is 5.92. The molecule has 0 amide bonds. The predicted octanol–water partition coefficient (Wildman–Crippen LogP) is 1.95. The maximum atomic E-state index is 5.69. The van der Waals surface area contributed by atoms with E-state index < -0.39 is 0 Å². The van der Waals surface area contributed by atoms with Crippen LogP contribution in [0.3, 0.4) is 0 Å². The van der Waals surface area contributed by atoms with Crippen molar-refractivity contribution in [3.05, 3.63) is 36.2 Å². The number of nitrogen functional groups attached to an aromatic ring is 1. The molecular weight excluding hydrogens is 122 g/mol. The van der Waals surface area contributed by atoms with E-state index in [2.05, 4.69) is 19.9 Å². The number of hydrogen-bond acceptors (Lipinski definition) is 1. The van der Waals surface area contributed by atoms with E-state index in [0.29, 0.717) is 0 Å².